The number of amides is 1. The third-order valence-corrected chi connectivity index (χ3v) is 4.89. The van der Waals surface area contributed by atoms with E-state index in [2.05, 4.69) is 63.2 Å². The molecule has 22 heavy (non-hydrogen) atoms. The van der Waals surface area contributed by atoms with Crippen molar-refractivity contribution in [3.63, 3.8) is 0 Å². The van der Waals surface area contributed by atoms with Crippen molar-refractivity contribution in [1.82, 2.24) is 16.0 Å². The molecule has 0 radical (unpaired) electrons. The lowest BCUT2D eigenvalue weighted by Gasteiger charge is -2.27. The van der Waals surface area contributed by atoms with Gasteiger partial charge in [0.15, 0.2) is 0 Å². The summed E-state index contributed by atoms with van der Waals surface area (Å²) in [7, 11) is 0. The van der Waals surface area contributed by atoms with Crippen LogP contribution in [0.2, 0.25) is 0 Å². The lowest BCUT2D eigenvalue weighted by atomic mass is 9.97. The summed E-state index contributed by atoms with van der Waals surface area (Å²) in [5.74, 6) is 1.07. The average molecular weight is 330 g/mol. The summed E-state index contributed by atoms with van der Waals surface area (Å²) in [5.41, 5.74) is 0. The Morgan fingerprint density at radius 1 is 1.32 bits per heavy atom. The molecule has 5 atom stereocenters. The first-order chi connectivity index (χ1) is 10.3. The second-order valence-corrected chi connectivity index (χ2v) is 8.04. The number of nitrogens with one attached hydrogen (secondary N) is 3. The Morgan fingerprint density at radius 3 is 2.50 bits per heavy atom. The average Bonchev–Trinajstić information content (AvgIpc) is 2.83. The molecule has 0 aromatic rings. The summed E-state index contributed by atoms with van der Waals surface area (Å²) < 4.78 is 0. The van der Waals surface area contributed by atoms with E-state index in [9.17, 15) is 4.79 Å². The standard InChI is InChI=1S/C17H35N3OS/c1-6-12(4)16(17(21)20-13(5)7-11(2)3)19-9-14-8-15(22)10-18-14/h11-16,18-19,22H,6-10H2,1-5H3,(H,20,21)/t12-,13?,14+,15+,16-/m0/s1. The van der Waals surface area contributed by atoms with Crippen LogP contribution in [-0.2, 0) is 4.79 Å². The van der Waals surface area contributed by atoms with Gasteiger partial charge in [0.1, 0.15) is 0 Å². The molecular weight excluding hydrogens is 294 g/mol. The van der Waals surface area contributed by atoms with Gasteiger partial charge >= 0.3 is 0 Å². The lowest BCUT2D eigenvalue weighted by Crippen LogP contribution is -2.52. The zero-order valence-electron chi connectivity index (χ0n) is 14.9. The van der Waals surface area contributed by atoms with Crippen molar-refractivity contribution in [2.45, 2.75) is 77.3 Å². The van der Waals surface area contributed by atoms with Crippen LogP contribution in [0.15, 0.2) is 0 Å². The van der Waals surface area contributed by atoms with E-state index >= 15 is 0 Å². The molecule has 0 aromatic carbocycles. The molecule has 0 spiro atoms. The van der Waals surface area contributed by atoms with E-state index in [1.54, 1.807) is 0 Å². The molecule has 0 saturated carbocycles. The van der Waals surface area contributed by atoms with E-state index in [1.807, 2.05) is 0 Å². The smallest absolute Gasteiger partial charge is 0.237 e. The predicted molar refractivity (Wildman–Crippen MR) is 97.5 cm³/mol. The summed E-state index contributed by atoms with van der Waals surface area (Å²) >= 11 is 4.50. The van der Waals surface area contributed by atoms with Crippen molar-refractivity contribution >= 4 is 18.5 Å². The zero-order valence-corrected chi connectivity index (χ0v) is 15.7. The van der Waals surface area contributed by atoms with Gasteiger partial charge in [-0.25, -0.2) is 0 Å². The molecule has 130 valence electrons. The third kappa shape index (κ3) is 6.88. The molecule has 1 aliphatic heterocycles. The summed E-state index contributed by atoms with van der Waals surface area (Å²) in [6.07, 6.45) is 3.08. The highest BCUT2D eigenvalue weighted by Crippen LogP contribution is 2.13. The Hall–Kier alpha value is -0.260. The number of carbonyl (C=O) groups is 1. The van der Waals surface area contributed by atoms with Crippen LogP contribution < -0.4 is 16.0 Å². The molecule has 1 aliphatic rings. The maximum absolute atomic E-state index is 12.6. The van der Waals surface area contributed by atoms with Gasteiger partial charge in [-0.3, -0.25) is 4.79 Å². The number of rotatable bonds is 9. The first kappa shape index (κ1) is 19.8. The molecule has 3 N–H and O–H groups in total. The van der Waals surface area contributed by atoms with Crippen LogP contribution in [-0.4, -0.2) is 42.4 Å². The van der Waals surface area contributed by atoms with Gasteiger partial charge in [-0.15, -0.1) is 0 Å². The van der Waals surface area contributed by atoms with Crippen LogP contribution in [0.4, 0.5) is 0 Å². The number of carbonyl (C=O) groups excluding carboxylic acids is 1. The van der Waals surface area contributed by atoms with Crippen molar-refractivity contribution in [1.29, 1.82) is 0 Å². The lowest BCUT2D eigenvalue weighted by molar-refractivity contribution is -0.125. The van der Waals surface area contributed by atoms with Gasteiger partial charge in [0.25, 0.3) is 0 Å². The Morgan fingerprint density at radius 2 is 2.00 bits per heavy atom. The summed E-state index contributed by atoms with van der Waals surface area (Å²) in [6, 6.07) is 0.544. The van der Waals surface area contributed by atoms with Crippen LogP contribution in [0, 0.1) is 11.8 Å². The summed E-state index contributed by atoms with van der Waals surface area (Å²) in [5, 5.41) is 10.5. The van der Waals surface area contributed by atoms with Crippen LogP contribution in [0.1, 0.15) is 53.9 Å². The SMILES string of the molecule is CC[C@H](C)[C@H](NC[C@H]1C[C@@H](S)CN1)C(=O)NC(C)CC(C)C. The molecule has 0 aliphatic carbocycles. The van der Waals surface area contributed by atoms with Crippen molar-refractivity contribution in [2.75, 3.05) is 13.1 Å². The highest BCUT2D eigenvalue weighted by Gasteiger charge is 2.27. The van der Waals surface area contributed by atoms with E-state index in [0.29, 0.717) is 23.1 Å². The van der Waals surface area contributed by atoms with Gasteiger partial charge in [0, 0.05) is 30.4 Å². The normalized spacial score (nSPS) is 26.0. The van der Waals surface area contributed by atoms with E-state index < -0.39 is 0 Å². The van der Waals surface area contributed by atoms with Gasteiger partial charge in [0.05, 0.1) is 6.04 Å². The Labute approximate surface area is 142 Å². The molecule has 1 amide bonds. The summed E-state index contributed by atoms with van der Waals surface area (Å²) in [4.78, 5) is 12.6. The van der Waals surface area contributed by atoms with Crippen LogP contribution in [0.5, 0.6) is 0 Å². The topological polar surface area (TPSA) is 53.2 Å². The fourth-order valence-electron chi connectivity index (χ4n) is 3.11. The third-order valence-electron chi connectivity index (χ3n) is 4.49. The number of hydrogen-bond acceptors (Lipinski definition) is 4. The molecule has 0 aromatic heterocycles. The Bertz CT molecular complexity index is 338. The fraction of sp³-hybridized carbons (Fsp3) is 0.941. The first-order valence-corrected chi connectivity index (χ1v) is 9.30. The highest BCUT2D eigenvalue weighted by atomic mass is 32.1. The number of hydrogen-bond donors (Lipinski definition) is 4. The minimum Gasteiger partial charge on any atom is -0.352 e. The van der Waals surface area contributed by atoms with Crippen molar-refractivity contribution < 1.29 is 4.79 Å². The van der Waals surface area contributed by atoms with Gasteiger partial charge in [0.2, 0.25) is 5.91 Å². The van der Waals surface area contributed by atoms with Crippen molar-refractivity contribution in [2.24, 2.45) is 11.8 Å². The highest BCUT2D eigenvalue weighted by molar-refractivity contribution is 7.81. The molecule has 1 unspecified atom stereocenters. The second kappa shape index (κ2) is 9.78. The quantitative estimate of drug-likeness (QED) is 0.491. The molecule has 0 bridgehead atoms. The monoisotopic (exact) mass is 329 g/mol. The Balaban J connectivity index is 2.50. The molecule has 5 heteroatoms. The fourth-order valence-corrected chi connectivity index (χ4v) is 3.47. The summed E-state index contributed by atoms with van der Waals surface area (Å²) in [6.45, 7) is 12.5. The molecule has 1 saturated heterocycles. The van der Waals surface area contributed by atoms with Gasteiger partial charge in [-0.2, -0.15) is 12.6 Å². The van der Waals surface area contributed by atoms with Gasteiger partial charge < -0.3 is 16.0 Å². The Kier molecular flexibility index (Phi) is 8.80. The van der Waals surface area contributed by atoms with Crippen molar-refractivity contribution in [3.8, 4) is 0 Å². The predicted octanol–water partition coefficient (Wildman–Crippen LogP) is 2.20. The van der Waals surface area contributed by atoms with E-state index in [-0.39, 0.29) is 18.0 Å². The minimum atomic E-state index is -0.111. The molecular formula is C17H35N3OS. The number of thiol groups is 1. The zero-order chi connectivity index (χ0) is 16.7. The second-order valence-electron chi connectivity index (χ2n) is 7.31. The van der Waals surface area contributed by atoms with Crippen molar-refractivity contribution in [3.05, 3.63) is 0 Å². The first-order valence-electron chi connectivity index (χ1n) is 8.78. The van der Waals surface area contributed by atoms with Gasteiger partial charge in [-0.1, -0.05) is 34.1 Å². The van der Waals surface area contributed by atoms with E-state index in [1.165, 1.54) is 0 Å². The maximum atomic E-state index is 12.6. The maximum Gasteiger partial charge on any atom is 0.237 e. The van der Waals surface area contributed by atoms with Crippen LogP contribution in [0.3, 0.4) is 0 Å². The van der Waals surface area contributed by atoms with Crippen LogP contribution in [0.25, 0.3) is 0 Å². The van der Waals surface area contributed by atoms with E-state index in [0.717, 1.165) is 32.4 Å². The van der Waals surface area contributed by atoms with E-state index in [4.69, 9.17) is 0 Å². The molecule has 1 fully saturated rings. The molecule has 1 rings (SSSR count). The minimum absolute atomic E-state index is 0.111. The molecule has 4 nitrogen and oxygen atoms in total. The van der Waals surface area contributed by atoms with Crippen LogP contribution >= 0.6 is 12.6 Å². The van der Waals surface area contributed by atoms with Gasteiger partial charge in [-0.05, 0) is 31.6 Å². The molecule has 1 heterocycles. The largest absolute Gasteiger partial charge is 0.352 e.